The third kappa shape index (κ3) is 20.1. The summed E-state index contributed by atoms with van der Waals surface area (Å²) in [6.45, 7) is -0.250. The molecule has 0 aliphatic carbocycles. The number of hydrogen-bond donors (Lipinski definition) is 2. The molecule has 0 amide bonds. The zero-order chi connectivity index (χ0) is 3.41. The first kappa shape index (κ1) is 15.8. The van der Waals surface area contributed by atoms with E-state index < -0.39 is 0 Å². The Kier molecular flexibility index (Phi) is 43.9. The zero-order valence-electron chi connectivity index (χ0n) is 5.42. The van der Waals surface area contributed by atoms with Crippen LogP contribution in [0.2, 0.25) is 0 Å². The van der Waals surface area contributed by atoms with E-state index in [1.807, 2.05) is 0 Å². The summed E-state index contributed by atoms with van der Waals surface area (Å²) in [5.74, 6) is 0. The van der Waals surface area contributed by atoms with Gasteiger partial charge in [0.15, 0.2) is 0 Å². The largest absolute Gasteiger partial charge is 2.00 e. The molecule has 0 aromatic carbocycles. The van der Waals surface area contributed by atoms with Crippen LogP contribution in [0.5, 0.6) is 0 Å². The van der Waals surface area contributed by atoms with Gasteiger partial charge in [0.1, 0.15) is 0 Å². The van der Waals surface area contributed by atoms with Crippen LogP contribution in [-0.4, -0.2) is 46.5 Å². The van der Waals surface area contributed by atoms with Crippen LogP contribution in [0.25, 0.3) is 0 Å². The van der Waals surface area contributed by atoms with Gasteiger partial charge >= 0.3 is 23.1 Å². The second kappa shape index (κ2) is 16.7. The van der Waals surface area contributed by atoms with Crippen molar-refractivity contribution in [3.8, 4) is 0 Å². The minimum Gasteiger partial charge on any atom is -1.00 e. The van der Waals surface area contributed by atoms with E-state index >= 15 is 0 Å². The molecular weight excluding hydrogens is 116 g/mol. The summed E-state index contributed by atoms with van der Waals surface area (Å²) in [7, 11) is 0. The molecule has 0 saturated carbocycles. The van der Waals surface area contributed by atoms with Crippen LogP contribution >= 0.6 is 12.4 Å². The van der Waals surface area contributed by atoms with Gasteiger partial charge in [0.25, 0.3) is 0 Å². The van der Waals surface area contributed by atoms with Crippen LogP contribution in [0.15, 0.2) is 0 Å². The van der Waals surface area contributed by atoms with Gasteiger partial charge in [-0.25, -0.2) is 0 Å². The van der Waals surface area contributed by atoms with Crippen molar-refractivity contribution in [3.05, 3.63) is 0 Å². The predicted molar refractivity (Wildman–Crippen MR) is 29.4 cm³/mol. The Morgan fingerprint density at radius 1 is 1.17 bits per heavy atom. The monoisotopic (exact) mass is 124 g/mol. The fraction of sp³-hybridized carbons (Fsp3) is 1.00. The minimum atomic E-state index is -0.125. The van der Waals surface area contributed by atoms with E-state index in [4.69, 9.17) is 10.2 Å². The van der Waals surface area contributed by atoms with Gasteiger partial charge < -0.3 is 13.1 Å². The molecule has 0 aliphatic heterocycles. The third-order valence-corrected chi connectivity index (χ3v) is 0.1000. The van der Waals surface area contributed by atoms with Crippen molar-refractivity contribution in [1.82, 2.24) is 0 Å². The van der Waals surface area contributed by atoms with E-state index in [1.54, 1.807) is 0 Å². The molecule has 0 saturated heterocycles. The SMILES string of the molecule is Cl.OCCO.[H-].[H-].[Mg+2]. The molecule has 6 heavy (non-hydrogen) atoms. The summed E-state index contributed by atoms with van der Waals surface area (Å²) in [5, 5.41) is 15.2. The van der Waals surface area contributed by atoms with E-state index in [2.05, 4.69) is 0 Å². The van der Waals surface area contributed by atoms with E-state index in [0.29, 0.717) is 0 Å². The van der Waals surface area contributed by atoms with Crippen molar-refractivity contribution in [2.75, 3.05) is 13.2 Å². The fourth-order valence-electron chi connectivity index (χ4n) is 0. The number of aliphatic hydroxyl groups is 2. The quantitative estimate of drug-likeness (QED) is 0.452. The molecule has 0 spiro atoms. The van der Waals surface area contributed by atoms with Gasteiger partial charge in [0.05, 0.1) is 13.2 Å². The maximum absolute atomic E-state index is 7.62. The van der Waals surface area contributed by atoms with Gasteiger partial charge in [-0.3, -0.25) is 0 Å². The Balaban J connectivity index is -0.00000000750. The van der Waals surface area contributed by atoms with Crippen LogP contribution in [0.1, 0.15) is 2.85 Å². The van der Waals surface area contributed by atoms with Gasteiger partial charge in [-0.2, -0.15) is 0 Å². The first-order valence-electron chi connectivity index (χ1n) is 1.13. The molecule has 0 rings (SSSR count). The van der Waals surface area contributed by atoms with Gasteiger partial charge in [-0.05, 0) is 0 Å². The Bertz CT molecular complexity index is 20.0. The Morgan fingerprint density at radius 3 is 1.33 bits per heavy atom. The van der Waals surface area contributed by atoms with E-state index in [9.17, 15) is 0 Å². The number of hydrogen-bond acceptors (Lipinski definition) is 2. The number of rotatable bonds is 1. The maximum atomic E-state index is 7.62. The average molecular weight is 125 g/mol. The average Bonchev–Trinajstić information content (AvgIpc) is 1.37. The molecule has 2 N–H and O–H groups in total. The molecular formula is C2H9ClMgO2. The summed E-state index contributed by atoms with van der Waals surface area (Å²) in [6, 6.07) is 0. The first-order valence-corrected chi connectivity index (χ1v) is 1.13. The Hall–Kier alpha value is 0.976. The Labute approximate surface area is 62.1 Å². The molecule has 0 radical (unpaired) electrons. The fourth-order valence-corrected chi connectivity index (χ4v) is 0. The van der Waals surface area contributed by atoms with Gasteiger partial charge in [0, 0.05) is 0 Å². The smallest absolute Gasteiger partial charge is 1.00 e. The molecule has 0 aromatic heterocycles. The van der Waals surface area contributed by atoms with Crippen LogP contribution in [0.3, 0.4) is 0 Å². The predicted octanol–water partition coefficient (Wildman–Crippen LogP) is -0.763. The summed E-state index contributed by atoms with van der Waals surface area (Å²) >= 11 is 0. The van der Waals surface area contributed by atoms with Crippen LogP contribution in [0.4, 0.5) is 0 Å². The normalized spacial score (nSPS) is 5.00. The zero-order valence-corrected chi connectivity index (χ0v) is 5.65. The van der Waals surface area contributed by atoms with Crippen molar-refractivity contribution in [3.63, 3.8) is 0 Å². The minimum absolute atomic E-state index is 0. The molecule has 0 aliphatic rings. The third-order valence-electron chi connectivity index (χ3n) is 0.1000. The summed E-state index contributed by atoms with van der Waals surface area (Å²) in [6.07, 6.45) is 0. The molecule has 38 valence electrons. The first-order chi connectivity index (χ1) is 1.91. The van der Waals surface area contributed by atoms with Crippen molar-refractivity contribution < 1.29 is 13.1 Å². The number of halogens is 1. The second-order valence-electron chi connectivity index (χ2n) is 0.447. The molecule has 4 heteroatoms. The molecule has 0 atom stereocenters. The van der Waals surface area contributed by atoms with Crippen LogP contribution < -0.4 is 0 Å². The van der Waals surface area contributed by atoms with Gasteiger partial charge in [-0.1, -0.05) is 0 Å². The van der Waals surface area contributed by atoms with Gasteiger partial charge in [0.2, 0.25) is 0 Å². The van der Waals surface area contributed by atoms with Gasteiger partial charge in [-0.15, -0.1) is 12.4 Å². The number of aliphatic hydroxyl groups excluding tert-OH is 2. The van der Waals surface area contributed by atoms with Crippen LogP contribution in [-0.2, 0) is 0 Å². The summed E-state index contributed by atoms with van der Waals surface area (Å²) < 4.78 is 0. The van der Waals surface area contributed by atoms with Crippen molar-refractivity contribution >= 4 is 35.5 Å². The molecule has 0 bridgehead atoms. The van der Waals surface area contributed by atoms with Crippen molar-refractivity contribution in [2.45, 2.75) is 0 Å². The van der Waals surface area contributed by atoms with E-state index in [1.165, 1.54) is 0 Å². The van der Waals surface area contributed by atoms with E-state index in [0.717, 1.165) is 0 Å². The molecule has 0 aromatic rings. The molecule has 2 nitrogen and oxygen atoms in total. The second-order valence-corrected chi connectivity index (χ2v) is 0.447. The van der Waals surface area contributed by atoms with E-state index in [-0.39, 0.29) is 51.5 Å². The maximum Gasteiger partial charge on any atom is 2.00 e. The summed E-state index contributed by atoms with van der Waals surface area (Å²) in [4.78, 5) is 0. The molecule has 0 unspecified atom stereocenters. The van der Waals surface area contributed by atoms with Crippen molar-refractivity contribution in [1.29, 1.82) is 0 Å². The summed E-state index contributed by atoms with van der Waals surface area (Å²) in [5.41, 5.74) is 0. The Morgan fingerprint density at radius 2 is 1.33 bits per heavy atom. The van der Waals surface area contributed by atoms with Crippen molar-refractivity contribution in [2.24, 2.45) is 0 Å². The van der Waals surface area contributed by atoms with Crippen LogP contribution in [0, 0.1) is 0 Å². The molecule has 0 fully saturated rings. The molecule has 0 heterocycles. The standard InChI is InChI=1S/C2H6O2.ClH.Mg.2H/c3-1-2-4;;;;/h3-4H,1-2H2;1H;;;/q;;+2;2*-1. The topological polar surface area (TPSA) is 40.5 Å².